The normalized spacial score (nSPS) is 11.6. The van der Waals surface area contributed by atoms with Crippen molar-refractivity contribution < 1.29 is 0 Å². The van der Waals surface area contributed by atoms with Gasteiger partial charge in [-0.1, -0.05) is 66.7 Å². The number of nitrogens with two attached hydrogens (primary N) is 3. The summed E-state index contributed by atoms with van der Waals surface area (Å²) in [6.07, 6.45) is 0. The predicted molar refractivity (Wildman–Crippen MR) is 175 cm³/mol. The molecular weight excluding hydrogens is 514 g/mol. The Hall–Kier alpha value is -5.99. The number of hydrogen-bond acceptors (Lipinski definition) is 5. The highest BCUT2D eigenvalue weighted by molar-refractivity contribution is 5.88. The molecule has 0 saturated heterocycles. The molecule has 5 nitrogen and oxygen atoms in total. The van der Waals surface area contributed by atoms with Gasteiger partial charge in [0.1, 0.15) is 0 Å². The molecule has 0 radical (unpaired) electrons. The van der Waals surface area contributed by atoms with Crippen LogP contribution in [-0.2, 0) is 0 Å². The quantitative estimate of drug-likeness (QED) is 0.147. The lowest BCUT2D eigenvalue weighted by Crippen LogP contribution is -1.98. The Kier molecular flexibility index (Phi) is 6.07. The first-order valence-corrected chi connectivity index (χ1v) is 13.7. The van der Waals surface area contributed by atoms with E-state index in [4.69, 9.17) is 22.2 Å². The lowest BCUT2D eigenvalue weighted by molar-refractivity contribution is 1.32. The van der Waals surface area contributed by atoms with Gasteiger partial charge in [0.05, 0.1) is 29.2 Å². The van der Waals surface area contributed by atoms with E-state index in [-0.39, 0.29) is 0 Å². The number of rotatable bonds is 6. The summed E-state index contributed by atoms with van der Waals surface area (Å²) in [7, 11) is 0. The number of hydrogen-bond donors (Lipinski definition) is 3. The zero-order valence-corrected chi connectivity index (χ0v) is 22.8. The highest BCUT2D eigenvalue weighted by Crippen LogP contribution is 2.38. The van der Waals surface area contributed by atoms with Crippen molar-refractivity contribution in [2.75, 3.05) is 22.1 Å². The molecule has 1 aromatic heterocycles. The van der Waals surface area contributed by atoms with Gasteiger partial charge in [-0.25, -0.2) is 9.88 Å². The third kappa shape index (κ3) is 4.90. The van der Waals surface area contributed by atoms with Crippen molar-refractivity contribution in [3.05, 3.63) is 127 Å². The summed E-state index contributed by atoms with van der Waals surface area (Å²) in [6.45, 7) is 0. The number of nitrogens with zero attached hydrogens (tertiary/aromatic N) is 2. The molecule has 1 aliphatic heterocycles. The van der Waals surface area contributed by atoms with Crippen LogP contribution >= 0.6 is 0 Å². The molecule has 5 aromatic carbocycles. The van der Waals surface area contributed by atoms with Crippen LogP contribution in [-0.4, -0.2) is 4.98 Å². The first-order valence-electron chi connectivity index (χ1n) is 13.7. The minimum Gasteiger partial charge on any atom is -0.399 e. The van der Waals surface area contributed by atoms with E-state index >= 15 is 0 Å². The maximum Gasteiger partial charge on any atom is 0.0717 e. The first-order chi connectivity index (χ1) is 20.5. The van der Waals surface area contributed by atoms with Gasteiger partial charge in [-0.05, 0) is 82.9 Å². The number of aromatic nitrogens is 1. The zero-order valence-electron chi connectivity index (χ0n) is 22.8. The molecule has 7 rings (SSSR count). The second-order valence-corrected chi connectivity index (χ2v) is 10.3. The summed E-state index contributed by atoms with van der Waals surface area (Å²) in [5.74, 6) is 0. The third-order valence-corrected chi connectivity index (χ3v) is 7.43. The van der Waals surface area contributed by atoms with Crippen LogP contribution in [0.2, 0.25) is 0 Å². The van der Waals surface area contributed by atoms with E-state index in [1.54, 1.807) is 0 Å². The molecule has 1 aliphatic rings. The van der Waals surface area contributed by atoms with Crippen molar-refractivity contribution in [2.45, 2.75) is 0 Å². The molecule has 0 spiro atoms. The van der Waals surface area contributed by atoms with Crippen LogP contribution in [0.1, 0.15) is 0 Å². The number of benzene rings is 5. The van der Waals surface area contributed by atoms with E-state index < -0.39 is 0 Å². The van der Waals surface area contributed by atoms with Crippen LogP contribution in [0.4, 0.5) is 22.7 Å². The van der Waals surface area contributed by atoms with Crippen molar-refractivity contribution in [3.63, 3.8) is 0 Å². The molecule has 6 N–H and O–H groups in total. The van der Waals surface area contributed by atoms with Crippen molar-refractivity contribution in [1.29, 1.82) is 0 Å². The molecule has 200 valence electrons. The monoisotopic (exact) mass is 541 g/mol. The summed E-state index contributed by atoms with van der Waals surface area (Å²) in [6, 6.07) is 48.8. The fraction of sp³-hybridized carbons (Fsp3) is 0. The second kappa shape index (κ2) is 10.2. The summed E-state index contributed by atoms with van der Waals surface area (Å²) >= 11 is 0. The SMILES string of the molecule is Nc1ccc(N)c(-c2cccc(-c3cc(-c4ccccc4)cc(-c4cccc(-c5cc(N)ccc5N5C#C5)c4)n3)c2)c1. The third-order valence-electron chi connectivity index (χ3n) is 7.43. The highest BCUT2D eigenvalue weighted by Gasteiger charge is 2.17. The second-order valence-electron chi connectivity index (χ2n) is 10.3. The molecule has 0 atom stereocenters. The van der Waals surface area contributed by atoms with Crippen LogP contribution in [0, 0.1) is 12.1 Å². The molecule has 0 aliphatic carbocycles. The van der Waals surface area contributed by atoms with E-state index in [0.717, 1.165) is 61.6 Å². The van der Waals surface area contributed by atoms with Gasteiger partial charge in [0.2, 0.25) is 0 Å². The molecule has 0 unspecified atom stereocenters. The molecule has 0 bridgehead atoms. The smallest absolute Gasteiger partial charge is 0.0717 e. The van der Waals surface area contributed by atoms with Gasteiger partial charge in [0.25, 0.3) is 0 Å². The van der Waals surface area contributed by atoms with Crippen molar-refractivity contribution >= 4 is 22.7 Å². The highest BCUT2D eigenvalue weighted by atomic mass is 15.2. The van der Waals surface area contributed by atoms with E-state index in [1.807, 2.05) is 59.5 Å². The Morgan fingerprint density at radius 1 is 0.452 bits per heavy atom. The van der Waals surface area contributed by atoms with Gasteiger partial charge < -0.3 is 17.2 Å². The van der Waals surface area contributed by atoms with Crippen molar-refractivity contribution in [2.24, 2.45) is 0 Å². The fourth-order valence-electron chi connectivity index (χ4n) is 5.26. The fourth-order valence-corrected chi connectivity index (χ4v) is 5.26. The Labute approximate surface area is 244 Å². The number of anilines is 4. The molecule has 2 heterocycles. The summed E-state index contributed by atoms with van der Waals surface area (Å²) in [5.41, 5.74) is 31.5. The molecule has 5 heteroatoms. The molecule has 0 fully saturated rings. The Morgan fingerprint density at radius 3 is 1.64 bits per heavy atom. The molecular formula is C37H27N5. The minimum atomic E-state index is 0.671. The van der Waals surface area contributed by atoms with Gasteiger partial charge in [-0.2, -0.15) is 0 Å². The Morgan fingerprint density at radius 2 is 1.00 bits per heavy atom. The molecule has 0 amide bonds. The lowest BCUT2D eigenvalue weighted by atomic mass is 9.96. The largest absolute Gasteiger partial charge is 0.399 e. The van der Waals surface area contributed by atoms with Gasteiger partial charge in [0.15, 0.2) is 0 Å². The van der Waals surface area contributed by atoms with E-state index in [0.29, 0.717) is 17.1 Å². The summed E-state index contributed by atoms with van der Waals surface area (Å²) < 4.78 is 0. The minimum absolute atomic E-state index is 0.671. The van der Waals surface area contributed by atoms with Crippen LogP contribution in [0.15, 0.2) is 127 Å². The lowest BCUT2D eigenvalue weighted by Gasteiger charge is -2.14. The van der Waals surface area contributed by atoms with E-state index in [1.165, 1.54) is 0 Å². The van der Waals surface area contributed by atoms with Crippen LogP contribution in [0.5, 0.6) is 0 Å². The van der Waals surface area contributed by atoms with Gasteiger partial charge in [0, 0.05) is 39.3 Å². The maximum atomic E-state index is 6.33. The van der Waals surface area contributed by atoms with E-state index in [9.17, 15) is 0 Å². The standard InChI is InChI=1S/C37H27N5/c38-30-12-14-34(40)32(22-30)25-8-4-10-27(18-25)35-20-29(24-6-2-1-3-7-24)21-36(41-35)28-11-5-9-26(19-28)33-23-31(39)13-15-37(33)42-16-17-42/h1-15,18-23H,38-40H2. The van der Waals surface area contributed by atoms with Gasteiger partial charge >= 0.3 is 0 Å². The Bertz CT molecular complexity index is 2030. The number of nitrogen functional groups attached to an aromatic ring is 3. The summed E-state index contributed by atoms with van der Waals surface area (Å²) in [4.78, 5) is 7.04. The van der Waals surface area contributed by atoms with Gasteiger partial charge in [-0.15, -0.1) is 0 Å². The van der Waals surface area contributed by atoms with Crippen LogP contribution in [0.25, 0.3) is 55.9 Å². The molecule has 6 aromatic rings. The number of pyridine rings is 1. The average molecular weight is 542 g/mol. The molecule has 42 heavy (non-hydrogen) atoms. The van der Waals surface area contributed by atoms with Crippen molar-refractivity contribution in [1.82, 2.24) is 4.98 Å². The molecule has 0 saturated carbocycles. The maximum absolute atomic E-state index is 6.33. The van der Waals surface area contributed by atoms with E-state index in [2.05, 4.69) is 84.9 Å². The topological polar surface area (TPSA) is 94.0 Å². The first kappa shape index (κ1) is 25.0. The Balaban J connectivity index is 1.37. The summed E-state index contributed by atoms with van der Waals surface area (Å²) in [5, 5.41) is 0. The van der Waals surface area contributed by atoms with Crippen LogP contribution in [0.3, 0.4) is 0 Å². The van der Waals surface area contributed by atoms with Gasteiger partial charge in [-0.3, -0.25) is 0 Å². The average Bonchev–Trinajstić information content (AvgIpc) is 3.88. The van der Waals surface area contributed by atoms with Crippen molar-refractivity contribution in [3.8, 4) is 68.0 Å². The zero-order chi connectivity index (χ0) is 28.6. The van der Waals surface area contributed by atoms with Crippen LogP contribution < -0.4 is 22.1 Å². The predicted octanol–water partition coefficient (Wildman–Crippen LogP) is 7.90.